The van der Waals surface area contributed by atoms with Crippen molar-refractivity contribution in [3.63, 3.8) is 0 Å². The number of aromatic amines is 1. The number of nitrogens with zero attached hydrogens (tertiary/aromatic N) is 2. The molecule has 1 aliphatic rings. The van der Waals surface area contributed by atoms with Gasteiger partial charge in [0.05, 0.1) is 18.8 Å². The topological polar surface area (TPSA) is 368 Å². The molecule has 1 aromatic heterocycles. The van der Waals surface area contributed by atoms with E-state index in [-0.39, 0.29) is 49.7 Å². The summed E-state index contributed by atoms with van der Waals surface area (Å²) in [6.45, 7) is 6.86. The molecule has 23 heteroatoms. The van der Waals surface area contributed by atoms with Crippen molar-refractivity contribution in [3.8, 4) is 0 Å². The van der Waals surface area contributed by atoms with Gasteiger partial charge < -0.3 is 64.3 Å². The summed E-state index contributed by atoms with van der Waals surface area (Å²) in [5.41, 5.74) is 16.9. The monoisotopic (exact) mass is 824 g/mol. The Bertz CT molecular complexity index is 1590. The summed E-state index contributed by atoms with van der Waals surface area (Å²) in [4.78, 5) is 115. The van der Waals surface area contributed by atoms with Crippen molar-refractivity contribution in [1.29, 1.82) is 0 Å². The van der Waals surface area contributed by atoms with Crippen LogP contribution in [0.4, 0.5) is 0 Å². The summed E-state index contributed by atoms with van der Waals surface area (Å²) in [7, 11) is 0. The van der Waals surface area contributed by atoms with Crippen LogP contribution < -0.4 is 49.1 Å². The Morgan fingerprint density at radius 3 is 2.26 bits per heavy atom. The maximum atomic E-state index is 13.9. The molecule has 57 heavy (non-hydrogen) atoms. The number of hydrogen-bond acceptors (Lipinski definition) is 12. The van der Waals surface area contributed by atoms with Crippen molar-refractivity contribution in [2.75, 3.05) is 18.1 Å². The van der Waals surface area contributed by atoms with Gasteiger partial charge in [-0.3, -0.25) is 38.6 Å². The number of carbonyl (C=O) groups is 8. The summed E-state index contributed by atoms with van der Waals surface area (Å²) in [5, 5.41) is 34.5. The molecule has 0 unspecified atom stereocenters. The second-order valence-corrected chi connectivity index (χ2v) is 15.1. The highest BCUT2D eigenvalue weighted by Crippen LogP contribution is 2.15. The molecule has 0 aliphatic carbocycles. The van der Waals surface area contributed by atoms with Gasteiger partial charge in [0.2, 0.25) is 35.4 Å². The Morgan fingerprint density at radius 2 is 1.68 bits per heavy atom. The average Bonchev–Trinajstić information content (AvgIpc) is 3.65. The number of thioether (sulfide) groups is 1. The van der Waals surface area contributed by atoms with Gasteiger partial charge in [-0.05, 0) is 36.9 Å². The molecule has 0 radical (unpaired) electrons. The third-order valence-corrected chi connectivity index (χ3v) is 10.1. The lowest BCUT2D eigenvalue weighted by Gasteiger charge is -2.30. The number of aliphatic carboxylic acids is 2. The van der Waals surface area contributed by atoms with E-state index >= 15 is 0 Å². The number of guanidine groups is 1. The second-order valence-electron chi connectivity index (χ2n) is 14.0. The molecule has 318 valence electrons. The number of carboxylic acids is 2. The Labute approximate surface area is 333 Å². The second kappa shape index (κ2) is 23.6. The number of imidazole rings is 1. The van der Waals surface area contributed by atoms with Crippen LogP contribution in [0.2, 0.25) is 0 Å². The lowest BCUT2D eigenvalue weighted by molar-refractivity contribution is -0.142. The number of rotatable bonds is 18. The number of aromatic nitrogens is 2. The molecule has 0 spiro atoms. The standard InChI is InChI=1S/C34H56N12O10S/c1-5-17(4)26-32(54)43-22(11-18-13-38-15-40-18)29(51)42-21(33(55)56)8-10-57-14-23(30(52)46-26)44-31(53)25(16(2)3)45-28(50)20(7-6-9-39-34(36)37)41-27(49)19(35)12-24(47)48/h13,15-17,19-23,25-26H,5-12,14,35H2,1-4H3,(H,38,40)(H,41,49)(H,42,51)(H,43,54)(H,44,53)(H,45,50)(H,46,52)(H,47,48)(H,55,56)(H4,36,37,39)/t17-,19-,20-,21-,22-,23-,25-,26-/m0/s1. The van der Waals surface area contributed by atoms with Crippen LogP contribution in [0, 0.1) is 11.8 Å². The van der Waals surface area contributed by atoms with Crippen molar-refractivity contribution in [1.82, 2.24) is 41.9 Å². The van der Waals surface area contributed by atoms with Crippen LogP contribution >= 0.6 is 11.8 Å². The first kappa shape index (κ1) is 47.7. The van der Waals surface area contributed by atoms with Crippen LogP contribution in [0.3, 0.4) is 0 Å². The first-order chi connectivity index (χ1) is 26.8. The van der Waals surface area contributed by atoms with Crippen LogP contribution in [0.5, 0.6) is 0 Å². The number of hydrogen-bond donors (Lipinski definition) is 12. The van der Waals surface area contributed by atoms with Crippen LogP contribution in [0.1, 0.15) is 65.5 Å². The normalized spacial score (nSPS) is 21.5. The van der Waals surface area contributed by atoms with E-state index in [1.165, 1.54) is 12.5 Å². The fraction of sp³-hybridized carbons (Fsp3) is 0.647. The van der Waals surface area contributed by atoms with E-state index in [0.29, 0.717) is 12.1 Å². The smallest absolute Gasteiger partial charge is 0.326 e. The van der Waals surface area contributed by atoms with Crippen LogP contribution in [-0.2, 0) is 44.8 Å². The van der Waals surface area contributed by atoms with Gasteiger partial charge >= 0.3 is 11.9 Å². The number of amides is 6. The quantitative estimate of drug-likeness (QED) is 0.0391. The SMILES string of the molecule is CC[C@H](C)[C@@H]1NC(=O)[C@@H](NC(=O)[C@@H](NC(=O)[C@H](CCCN=C(N)N)NC(=O)[C@@H](N)CC(=O)O)C(C)C)CSCC[C@@H](C(=O)O)NC(=O)[C@H](Cc2cnc[nH]2)NC1=O. The summed E-state index contributed by atoms with van der Waals surface area (Å²) < 4.78 is 0. The highest BCUT2D eigenvalue weighted by Gasteiger charge is 2.36. The highest BCUT2D eigenvalue weighted by molar-refractivity contribution is 7.99. The molecule has 1 fully saturated rings. The lowest BCUT2D eigenvalue weighted by atomic mass is 9.97. The van der Waals surface area contributed by atoms with E-state index < -0.39 is 108 Å². The molecular weight excluding hydrogens is 769 g/mol. The first-order valence-corrected chi connectivity index (χ1v) is 19.6. The Hall–Kier alpha value is -5.45. The summed E-state index contributed by atoms with van der Waals surface area (Å²) in [6.07, 6.45) is 2.61. The molecular formula is C34H56N12O10S. The van der Waals surface area contributed by atoms with Gasteiger partial charge in [-0.25, -0.2) is 9.78 Å². The molecule has 22 nitrogen and oxygen atoms in total. The van der Waals surface area contributed by atoms with Crippen molar-refractivity contribution in [2.24, 2.45) is 34.0 Å². The lowest BCUT2D eigenvalue weighted by Crippen LogP contribution is -2.62. The van der Waals surface area contributed by atoms with E-state index in [2.05, 4.69) is 46.9 Å². The molecule has 2 rings (SSSR count). The van der Waals surface area contributed by atoms with Crippen LogP contribution in [0.15, 0.2) is 17.5 Å². The predicted octanol–water partition coefficient (Wildman–Crippen LogP) is -3.36. The molecule has 1 saturated heterocycles. The number of carbonyl (C=O) groups excluding carboxylic acids is 6. The van der Waals surface area contributed by atoms with Gasteiger partial charge in [0.15, 0.2) is 5.96 Å². The zero-order chi connectivity index (χ0) is 42.8. The molecule has 2 heterocycles. The zero-order valence-electron chi connectivity index (χ0n) is 32.4. The Kier molecular flexibility index (Phi) is 19.7. The third-order valence-electron chi connectivity index (χ3n) is 9.04. The van der Waals surface area contributed by atoms with Gasteiger partial charge in [-0.2, -0.15) is 11.8 Å². The molecule has 6 amide bonds. The molecule has 1 aliphatic heterocycles. The van der Waals surface area contributed by atoms with Crippen LogP contribution in [-0.4, -0.2) is 134 Å². The maximum Gasteiger partial charge on any atom is 0.326 e. The van der Waals surface area contributed by atoms with Crippen LogP contribution in [0.25, 0.3) is 0 Å². The van der Waals surface area contributed by atoms with E-state index in [1.54, 1.807) is 27.7 Å². The third kappa shape index (κ3) is 16.3. The van der Waals surface area contributed by atoms with Gasteiger partial charge in [0.25, 0.3) is 0 Å². The zero-order valence-corrected chi connectivity index (χ0v) is 33.2. The Morgan fingerprint density at radius 1 is 0.982 bits per heavy atom. The number of carboxylic acid groups (broad SMARTS) is 2. The summed E-state index contributed by atoms with van der Waals surface area (Å²) in [6, 6.07) is -9.08. The maximum absolute atomic E-state index is 13.9. The molecule has 0 bridgehead atoms. The molecule has 0 aromatic carbocycles. The van der Waals surface area contributed by atoms with E-state index in [1.807, 2.05) is 0 Å². The first-order valence-electron chi connectivity index (χ1n) is 18.5. The van der Waals surface area contributed by atoms with Crippen molar-refractivity contribution in [2.45, 2.75) is 109 Å². The number of H-pyrrole nitrogens is 1. The largest absolute Gasteiger partial charge is 0.481 e. The molecule has 1 aromatic rings. The van der Waals surface area contributed by atoms with E-state index in [0.717, 1.165) is 11.8 Å². The number of aliphatic imine (C=N–C) groups is 1. The minimum atomic E-state index is -1.48. The van der Waals surface area contributed by atoms with E-state index in [4.69, 9.17) is 22.3 Å². The Balaban J connectivity index is 2.38. The molecule has 0 saturated carbocycles. The molecule has 15 N–H and O–H groups in total. The number of nitrogens with one attached hydrogen (secondary N) is 7. The highest BCUT2D eigenvalue weighted by atomic mass is 32.2. The fourth-order valence-electron chi connectivity index (χ4n) is 5.54. The fourth-order valence-corrected chi connectivity index (χ4v) is 6.58. The minimum Gasteiger partial charge on any atom is -0.481 e. The number of nitrogens with two attached hydrogens (primary N) is 3. The van der Waals surface area contributed by atoms with E-state index in [9.17, 15) is 43.5 Å². The van der Waals surface area contributed by atoms with Gasteiger partial charge in [0.1, 0.15) is 36.3 Å². The van der Waals surface area contributed by atoms with Crippen molar-refractivity contribution in [3.05, 3.63) is 18.2 Å². The summed E-state index contributed by atoms with van der Waals surface area (Å²) in [5.74, 6) is -8.54. The van der Waals surface area contributed by atoms with Gasteiger partial charge in [-0.15, -0.1) is 0 Å². The van der Waals surface area contributed by atoms with Crippen molar-refractivity contribution < 1.29 is 48.6 Å². The molecule has 8 atom stereocenters. The van der Waals surface area contributed by atoms with Gasteiger partial charge in [-0.1, -0.05) is 34.1 Å². The van der Waals surface area contributed by atoms with Crippen molar-refractivity contribution >= 4 is 65.1 Å². The average molecular weight is 825 g/mol. The predicted molar refractivity (Wildman–Crippen MR) is 208 cm³/mol. The van der Waals surface area contributed by atoms with Gasteiger partial charge in [0, 0.05) is 30.6 Å². The summed E-state index contributed by atoms with van der Waals surface area (Å²) >= 11 is 1.12. The minimum absolute atomic E-state index is 0.0259.